The lowest BCUT2D eigenvalue weighted by atomic mass is 10.3. The summed E-state index contributed by atoms with van der Waals surface area (Å²) in [5.41, 5.74) is 0.390. The van der Waals surface area contributed by atoms with Gasteiger partial charge in [0, 0.05) is 12.0 Å². The van der Waals surface area contributed by atoms with Gasteiger partial charge in [0.05, 0.1) is 54.2 Å². The van der Waals surface area contributed by atoms with Gasteiger partial charge in [-0.15, -0.1) is 0 Å². The lowest BCUT2D eigenvalue weighted by Gasteiger charge is -2.29. The van der Waals surface area contributed by atoms with E-state index in [1.54, 1.807) is 28.1 Å². The van der Waals surface area contributed by atoms with Crippen molar-refractivity contribution in [2.75, 3.05) is 61.5 Å². The molecule has 0 radical (unpaired) electrons. The fourth-order valence-electron chi connectivity index (χ4n) is 1.67. The molecule has 0 unspecified atom stereocenters. The molecular formula is C17H33N2O6+. The van der Waals surface area contributed by atoms with Crippen LogP contribution < -0.4 is 5.11 Å². The van der Waals surface area contributed by atoms with Gasteiger partial charge in [-0.3, -0.25) is 4.79 Å². The highest BCUT2D eigenvalue weighted by Crippen LogP contribution is 2.02. The fourth-order valence-corrected chi connectivity index (χ4v) is 1.67. The number of carboxylic acid groups (broad SMARTS) is 2. The number of likely N-dealkylation sites (N-methyl/N-ethyl adjacent to an activating group) is 2. The summed E-state index contributed by atoms with van der Waals surface area (Å²) < 4.78 is 6.05. The highest BCUT2D eigenvalue weighted by molar-refractivity contribution is 5.86. The zero-order valence-electron chi connectivity index (χ0n) is 16.3. The molecule has 0 atom stereocenters. The molecular weight excluding hydrogens is 328 g/mol. The third-order valence-electron chi connectivity index (χ3n) is 3.04. The van der Waals surface area contributed by atoms with Gasteiger partial charge >= 0.3 is 11.9 Å². The van der Waals surface area contributed by atoms with Gasteiger partial charge in [0.1, 0.15) is 19.7 Å². The van der Waals surface area contributed by atoms with E-state index in [-0.39, 0.29) is 18.9 Å². The Balaban J connectivity index is 0. The largest absolute Gasteiger partial charge is 0.544 e. The minimum atomic E-state index is -1.00. The summed E-state index contributed by atoms with van der Waals surface area (Å²) >= 11 is 0. The number of ether oxygens (including phenoxy) is 1. The van der Waals surface area contributed by atoms with Gasteiger partial charge in [0.2, 0.25) is 0 Å². The zero-order valence-corrected chi connectivity index (χ0v) is 16.3. The number of hydrogen-bond donors (Lipinski definition) is 1. The summed E-state index contributed by atoms with van der Waals surface area (Å²) in [5.74, 6) is -2.16. The van der Waals surface area contributed by atoms with Gasteiger partial charge in [-0.25, -0.2) is 4.79 Å². The van der Waals surface area contributed by atoms with Crippen molar-refractivity contribution in [1.29, 1.82) is 0 Å². The average molecular weight is 361 g/mol. The van der Waals surface area contributed by atoms with E-state index in [1.807, 2.05) is 14.1 Å². The number of nitrogens with zero attached hydrogens (tertiary/aromatic N) is 2. The lowest BCUT2D eigenvalue weighted by molar-refractivity contribution is -0.890. The van der Waals surface area contributed by atoms with Crippen LogP contribution >= 0.6 is 0 Å². The van der Waals surface area contributed by atoms with E-state index >= 15 is 0 Å². The molecule has 0 aliphatic carbocycles. The molecule has 8 heteroatoms. The van der Waals surface area contributed by atoms with Gasteiger partial charge in [0.25, 0.3) is 0 Å². The van der Waals surface area contributed by atoms with E-state index in [4.69, 9.17) is 9.84 Å². The molecule has 0 aliphatic heterocycles. The number of carbonyl (C=O) groups is 3. The highest BCUT2D eigenvalue weighted by Gasteiger charge is 2.16. The number of aliphatic carboxylic acids is 2. The van der Waals surface area contributed by atoms with Crippen LogP contribution in [0.4, 0.5) is 0 Å². The van der Waals surface area contributed by atoms with E-state index in [2.05, 4.69) is 6.58 Å². The van der Waals surface area contributed by atoms with Gasteiger partial charge in [0.15, 0.2) is 0 Å². The van der Waals surface area contributed by atoms with Gasteiger partial charge in [-0.05, 0) is 6.92 Å². The second-order valence-electron chi connectivity index (χ2n) is 7.62. The maximum atomic E-state index is 11.1. The average Bonchev–Trinajstić information content (AvgIpc) is 2.34. The van der Waals surface area contributed by atoms with Crippen molar-refractivity contribution in [3.63, 3.8) is 0 Å². The first-order chi connectivity index (χ1) is 11.2. The van der Waals surface area contributed by atoms with Gasteiger partial charge < -0.3 is 28.7 Å². The van der Waals surface area contributed by atoms with Crippen LogP contribution in [0.3, 0.4) is 0 Å². The summed E-state index contributed by atoms with van der Waals surface area (Å²) in [5, 5.41) is 18.4. The number of carboxylic acids is 2. The summed E-state index contributed by atoms with van der Waals surface area (Å²) in [6, 6.07) is 0. The molecule has 0 fully saturated rings. The predicted octanol–water partition coefficient (Wildman–Crippen LogP) is -0.511. The Morgan fingerprint density at radius 3 is 1.92 bits per heavy atom. The summed E-state index contributed by atoms with van der Waals surface area (Å²) in [7, 11) is 9.37. The van der Waals surface area contributed by atoms with Crippen LogP contribution in [0.2, 0.25) is 0 Å². The van der Waals surface area contributed by atoms with E-state index < -0.39 is 11.9 Å². The van der Waals surface area contributed by atoms with Crippen molar-refractivity contribution in [3.8, 4) is 0 Å². The first-order valence-corrected chi connectivity index (χ1v) is 8.03. The van der Waals surface area contributed by atoms with Crippen LogP contribution in [0.15, 0.2) is 12.2 Å². The Hall–Kier alpha value is -1.93. The second kappa shape index (κ2) is 11.6. The smallest absolute Gasteiger partial charge is 0.333 e. The summed E-state index contributed by atoms with van der Waals surface area (Å²) in [6.07, 6.45) is 0.796. The summed E-state index contributed by atoms with van der Waals surface area (Å²) in [6.45, 7) is 6.91. The molecule has 146 valence electrons. The molecule has 0 aromatic rings. The van der Waals surface area contributed by atoms with E-state index in [0.29, 0.717) is 34.1 Å². The molecule has 0 amide bonds. The van der Waals surface area contributed by atoms with E-state index in [9.17, 15) is 19.5 Å². The molecule has 0 heterocycles. The maximum absolute atomic E-state index is 11.1. The Labute approximate surface area is 150 Å². The van der Waals surface area contributed by atoms with Crippen LogP contribution in [-0.4, -0.2) is 93.5 Å². The van der Waals surface area contributed by atoms with Crippen molar-refractivity contribution in [3.05, 3.63) is 12.2 Å². The third-order valence-corrected chi connectivity index (χ3v) is 3.04. The third kappa shape index (κ3) is 20.0. The van der Waals surface area contributed by atoms with Gasteiger partial charge in [-0.2, -0.15) is 0 Å². The van der Waals surface area contributed by atoms with Crippen molar-refractivity contribution in [1.82, 2.24) is 0 Å². The van der Waals surface area contributed by atoms with Crippen molar-refractivity contribution in [2.45, 2.75) is 19.8 Å². The van der Waals surface area contributed by atoms with E-state index in [1.165, 1.54) is 0 Å². The first-order valence-electron chi connectivity index (χ1n) is 8.03. The maximum Gasteiger partial charge on any atom is 0.333 e. The molecule has 0 bridgehead atoms. The number of esters is 1. The summed E-state index contributed by atoms with van der Waals surface area (Å²) in [4.78, 5) is 31.4. The number of hydrogen-bond acceptors (Lipinski definition) is 5. The van der Waals surface area contributed by atoms with Gasteiger partial charge in [-0.1, -0.05) is 6.58 Å². The van der Waals surface area contributed by atoms with Crippen molar-refractivity contribution < 1.29 is 38.3 Å². The Bertz CT molecular complexity index is 466. The monoisotopic (exact) mass is 361 g/mol. The zero-order chi connectivity index (χ0) is 20.3. The van der Waals surface area contributed by atoms with Crippen LogP contribution in [0.1, 0.15) is 19.8 Å². The molecule has 0 saturated carbocycles. The fraction of sp³-hybridized carbons (Fsp3) is 0.706. The number of rotatable bonds is 10. The normalized spacial score (nSPS) is 11.1. The minimum absolute atomic E-state index is 0.0694. The lowest BCUT2D eigenvalue weighted by Crippen LogP contribution is -2.45. The molecule has 0 saturated heterocycles. The number of quaternary nitrogens is 2. The Kier molecular flexibility index (Phi) is 11.7. The quantitative estimate of drug-likeness (QED) is 0.319. The molecule has 0 aromatic heterocycles. The van der Waals surface area contributed by atoms with E-state index in [0.717, 1.165) is 6.54 Å². The molecule has 25 heavy (non-hydrogen) atoms. The second-order valence-corrected chi connectivity index (χ2v) is 7.62. The van der Waals surface area contributed by atoms with Crippen molar-refractivity contribution >= 4 is 17.9 Å². The Morgan fingerprint density at radius 1 is 1.08 bits per heavy atom. The van der Waals surface area contributed by atoms with Crippen LogP contribution in [0, 0.1) is 0 Å². The molecule has 8 nitrogen and oxygen atoms in total. The SMILES string of the molecule is C=C(C)C(=O)OCC[N+](C)(C)CCCC(=O)O.C[N+](C)(C)CC(=O)[O-]. The minimum Gasteiger partial charge on any atom is -0.544 e. The molecule has 0 spiro atoms. The number of carbonyl (C=O) groups excluding carboxylic acids is 2. The van der Waals surface area contributed by atoms with Crippen LogP contribution in [0.25, 0.3) is 0 Å². The molecule has 0 aromatic carbocycles. The first kappa shape index (κ1) is 25.3. The van der Waals surface area contributed by atoms with Crippen molar-refractivity contribution in [2.24, 2.45) is 0 Å². The van der Waals surface area contributed by atoms with Crippen LogP contribution in [-0.2, 0) is 19.1 Å². The topological polar surface area (TPSA) is 104 Å². The predicted molar refractivity (Wildman–Crippen MR) is 92.4 cm³/mol. The highest BCUT2D eigenvalue weighted by atomic mass is 16.5. The standard InChI is InChI=1S/C12H21NO4.C5H11NO2/c1-10(2)12(16)17-9-8-13(3,4)7-5-6-11(14)15;1-6(2,3)4-5(7)8/h1,5-9H2,2-4H3;4H2,1-3H3/p+1. The Morgan fingerprint density at radius 2 is 1.60 bits per heavy atom. The van der Waals surface area contributed by atoms with Crippen LogP contribution in [0.5, 0.6) is 0 Å². The molecule has 0 aliphatic rings. The molecule has 0 rings (SSSR count). The molecule has 1 N–H and O–H groups in total.